The molecule has 0 unspecified atom stereocenters. The summed E-state index contributed by atoms with van der Waals surface area (Å²) in [5.74, 6) is -0.0654. The number of benzene rings is 1. The van der Waals surface area contributed by atoms with E-state index in [2.05, 4.69) is 0 Å². The highest BCUT2D eigenvalue weighted by Gasteiger charge is 2.18. The van der Waals surface area contributed by atoms with Crippen molar-refractivity contribution in [1.29, 1.82) is 0 Å². The highest BCUT2D eigenvalue weighted by molar-refractivity contribution is 5.96. The zero-order valence-electron chi connectivity index (χ0n) is 8.80. The molecule has 0 amide bonds. The van der Waals surface area contributed by atoms with E-state index in [-0.39, 0.29) is 17.1 Å². The molecule has 0 radical (unpaired) electrons. The van der Waals surface area contributed by atoms with E-state index >= 15 is 0 Å². The lowest BCUT2D eigenvalue weighted by molar-refractivity contribution is 0.101. The van der Waals surface area contributed by atoms with Crippen molar-refractivity contribution >= 4 is 5.78 Å². The van der Waals surface area contributed by atoms with Gasteiger partial charge in [0.25, 0.3) is 6.43 Å². The number of Topliss-reactive ketones (excluding diaryl/α,β-unsaturated/α-hetero) is 1. The molecule has 0 aliphatic carbocycles. The van der Waals surface area contributed by atoms with E-state index in [1.165, 1.54) is 26.2 Å². The minimum atomic E-state index is -2.60. The zero-order chi connectivity index (χ0) is 11.6. The Bertz CT molecular complexity index is 386. The number of methoxy groups -OCH3 is 1. The second-order valence-corrected chi connectivity index (χ2v) is 3.22. The van der Waals surface area contributed by atoms with Gasteiger partial charge in [0.15, 0.2) is 5.78 Å². The van der Waals surface area contributed by atoms with Crippen molar-refractivity contribution in [2.75, 3.05) is 7.11 Å². The van der Waals surface area contributed by atoms with Crippen LogP contribution in [0, 0.1) is 6.92 Å². The minimum Gasteiger partial charge on any atom is -0.496 e. The fraction of sp³-hybridized carbons (Fsp3) is 0.364. The largest absolute Gasteiger partial charge is 0.496 e. The standard InChI is InChI=1S/C11H12F2O2/c1-6-8(7(2)14)4-5-9(11(12)13)10(6)15-3/h4-5,11H,1-3H3. The van der Waals surface area contributed by atoms with Crippen molar-refractivity contribution in [2.45, 2.75) is 20.3 Å². The summed E-state index contributed by atoms with van der Waals surface area (Å²) in [6.07, 6.45) is -2.60. The average Bonchev–Trinajstić information content (AvgIpc) is 2.16. The van der Waals surface area contributed by atoms with Gasteiger partial charge in [0.1, 0.15) is 5.75 Å². The lowest BCUT2D eigenvalue weighted by Crippen LogP contribution is -2.02. The molecule has 0 saturated heterocycles. The van der Waals surface area contributed by atoms with Crippen LogP contribution in [0.15, 0.2) is 12.1 Å². The maximum atomic E-state index is 12.6. The van der Waals surface area contributed by atoms with Crippen LogP contribution in [0.4, 0.5) is 8.78 Å². The summed E-state index contributed by atoms with van der Waals surface area (Å²) >= 11 is 0. The molecule has 0 bridgehead atoms. The van der Waals surface area contributed by atoms with Crippen LogP contribution in [0.5, 0.6) is 5.75 Å². The topological polar surface area (TPSA) is 26.3 Å². The molecule has 0 N–H and O–H groups in total. The molecule has 0 aromatic heterocycles. The summed E-state index contributed by atoms with van der Waals surface area (Å²) in [7, 11) is 1.32. The summed E-state index contributed by atoms with van der Waals surface area (Å²) in [5.41, 5.74) is 0.694. The van der Waals surface area contributed by atoms with Gasteiger partial charge in [0.05, 0.1) is 12.7 Å². The van der Waals surface area contributed by atoms with Crippen molar-refractivity contribution in [1.82, 2.24) is 0 Å². The van der Waals surface area contributed by atoms with Crippen molar-refractivity contribution in [3.05, 3.63) is 28.8 Å². The zero-order valence-corrected chi connectivity index (χ0v) is 8.80. The molecule has 4 heteroatoms. The van der Waals surface area contributed by atoms with Crippen molar-refractivity contribution in [3.63, 3.8) is 0 Å². The van der Waals surface area contributed by atoms with Crippen molar-refractivity contribution < 1.29 is 18.3 Å². The summed E-state index contributed by atoms with van der Waals surface area (Å²) in [4.78, 5) is 11.2. The second kappa shape index (κ2) is 4.38. The van der Waals surface area contributed by atoms with E-state index in [1.54, 1.807) is 6.92 Å². The molecule has 1 aromatic carbocycles. The molecule has 1 rings (SSSR count). The van der Waals surface area contributed by atoms with Gasteiger partial charge in [0, 0.05) is 11.1 Å². The number of ketones is 1. The Balaban J connectivity index is 3.39. The van der Waals surface area contributed by atoms with E-state index in [0.717, 1.165) is 0 Å². The molecule has 0 atom stereocenters. The third-order valence-corrected chi connectivity index (χ3v) is 2.25. The van der Waals surface area contributed by atoms with Gasteiger partial charge in [-0.1, -0.05) is 6.07 Å². The van der Waals surface area contributed by atoms with E-state index in [0.29, 0.717) is 11.1 Å². The molecule has 0 saturated carbocycles. The molecule has 0 aliphatic heterocycles. The van der Waals surface area contributed by atoms with Gasteiger partial charge < -0.3 is 4.74 Å². The average molecular weight is 214 g/mol. The molecule has 1 aromatic rings. The normalized spacial score (nSPS) is 10.5. The SMILES string of the molecule is COc1c(C(F)F)ccc(C(C)=O)c1C. The summed E-state index contributed by atoms with van der Waals surface area (Å²) in [5, 5.41) is 0. The number of hydrogen-bond donors (Lipinski definition) is 0. The Kier molecular flexibility index (Phi) is 3.39. The van der Waals surface area contributed by atoms with Gasteiger partial charge in [-0.3, -0.25) is 4.79 Å². The Morgan fingerprint density at radius 3 is 2.40 bits per heavy atom. The maximum Gasteiger partial charge on any atom is 0.267 e. The van der Waals surface area contributed by atoms with Crippen molar-refractivity contribution in [3.8, 4) is 5.75 Å². The summed E-state index contributed by atoms with van der Waals surface area (Å²) in [6, 6.07) is 2.63. The second-order valence-electron chi connectivity index (χ2n) is 3.22. The predicted octanol–water partition coefficient (Wildman–Crippen LogP) is 3.14. The molecular weight excluding hydrogens is 202 g/mol. The predicted molar refractivity (Wildman–Crippen MR) is 52.7 cm³/mol. The van der Waals surface area contributed by atoms with Gasteiger partial charge in [-0.25, -0.2) is 8.78 Å². The van der Waals surface area contributed by atoms with Gasteiger partial charge in [-0.2, -0.15) is 0 Å². The van der Waals surface area contributed by atoms with Crippen LogP contribution in [-0.2, 0) is 0 Å². The van der Waals surface area contributed by atoms with Gasteiger partial charge >= 0.3 is 0 Å². The quantitative estimate of drug-likeness (QED) is 0.722. The number of carbonyl (C=O) groups is 1. The van der Waals surface area contributed by atoms with Gasteiger partial charge in [0.2, 0.25) is 0 Å². The number of halogens is 2. The van der Waals surface area contributed by atoms with Crippen LogP contribution in [0.25, 0.3) is 0 Å². The maximum absolute atomic E-state index is 12.6. The fourth-order valence-corrected chi connectivity index (χ4v) is 1.54. The first-order valence-corrected chi connectivity index (χ1v) is 4.45. The highest BCUT2D eigenvalue weighted by Crippen LogP contribution is 2.33. The Labute approximate surface area is 86.9 Å². The van der Waals surface area contributed by atoms with Crippen molar-refractivity contribution in [2.24, 2.45) is 0 Å². The van der Waals surface area contributed by atoms with Crippen LogP contribution >= 0.6 is 0 Å². The number of ether oxygens (including phenoxy) is 1. The number of carbonyl (C=O) groups excluding carboxylic acids is 1. The number of hydrogen-bond acceptors (Lipinski definition) is 2. The molecule has 82 valence electrons. The lowest BCUT2D eigenvalue weighted by atomic mass is 10.0. The minimum absolute atomic E-state index is 0.0951. The molecule has 0 spiro atoms. The van der Waals surface area contributed by atoms with E-state index in [9.17, 15) is 13.6 Å². The number of alkyl halides is 2. The van der Waals surface area contributed by atoms with Gasteiger partial charge in [-0.15, -0.1) is 0 Å². The molecule has 0 aliphatic rings. The first-order valence-electron chi connectivity index (χ1n) is 4.45. The third kappa shape index (κ3) is 2.14. The number of rotatable bonds is 3. The van der Waals surface area contributed by atoms with E-state index in [1.807, 2.05) is 0 Å². The summed E-state index contributed by atoms with van der Waals surface area (Å²) in [6.45, 7) is 2.99. The monoisotopic (exact) mass is 214 g/mol. The first kappa shape index (κ1) is 11.6. The highest BCUT2D eigenvalue weighted by atomic mass is 19.3. The smallest absolute Gasteiger partial charge is 0.267 e. The Morgan fingerprint density at radius 2 is 2.00 bits per heavy atom. The third-order valence-electron chi connectivity index (χ3n) is 2.25. The Hall–Kier alpha value is -1.45. The molecule has 2 nitrogen and oxygen atoms in total. The van der Waals surface area contributed by atoms with E-state index < -0.39 is 6.43 Å². The van der Waals surface area contributed by atoms with Crippen LogP contribution in [0.3, 0.4) is 0 Å². The van der Waals surface area contributed by atoms with Crippen LogP contribution < -0.4 is 4.74 Å². The molecule has 0 fully saturated rings. The van der Waals surface area contributed by atoms with Crippen LogP contribution in [-0.4, -0.2) is 12.9 Å². The molecule has 15 heavy (non-hydrogen) atoms. The molecular formula is C11H12F2O2. The van der Waals surface area contributed by atoms with E-state index in [4.69, 9.17) is 4.74 Å². The first-order chi connectivity index (χ1) is 6.99. The lowest BCUT2D eigenvalue weighted by Gasteiger charge is -2.13. The fourth-order valence-electron chi connectivity index (χ4n) is 1.54. The van der Waals surface area contributed by atoms with Crippen LogP contribution in [0.1, 0.15) is 34.8 Å². The van der Waals surface area contributed by atoms with Gasteiger partial charge in [-0.05, 0) is 19.9 Å². The van der Waals surface area contributed by atoms with Crippen LogP contribution in [0.2, 0.25) is 0 Å². The summed E-state index contributed by atoms with van der Waals surface area (Å²) < 4.78 is 30.0. The molecule has 0 heterocycles. The Morgan fingerprint density at radius 1 is 1.40 bits per heavy atom.